The van der Waals surface area contributed by atoms with Gasteiger partial charge in [0, 0.05) is 43.0 Å². The molecule has 1 amide bonds. The molecule has 32 heavy (non-hydrogen) atoms. The summed E-state index contributed by atoms with van der Waals surface area (Å²) in [6.45, 7) is 3.80. The van der Waals surface area contributed by atoms with Crippen molar-refractivity contribution < 1.29 is 22.7 Å². The standard InChI is InChI=1S/C22H22F3N5O2/c23-22(24,25)19-11-17(15-4-5-15)27-20-12-18(28-30(19)20)21(31)26-16-3-1-2-14(10-16)13-29-6-8-32-9-7-29/h1-3,10-12,15H,4-9,13H2,(H,26,31). The lowest BCUT2D eigenvalue weighted by molar-refractivity contribution is -0.142. The Kier molecular flexibility index (Phi) is 5.34. The van der Waals surface area contributed by atoms with Crippen molar-refractivity contribution in [2.24, 2.45) is 0 Å². The molecule has 7 nitrogen and oxygen atoms in total. The zero-order chi connectivity index (χ0) is 22.3. The Morgan fingerprint density at radius 3 is 2.66 bits per heavy atom. The summed E-state index contributed by atoms with van der Waals surface area (Å²) in [6.07, 6.45) is -2.95. The van der Waals surface area contributed by atoms with Gasteiger partial charge in [-0.2, -0.15) is 18.3 Å². The molecular weight excluding hydrogens is 423 g/mol. The third-order valence-corrected chi connectivity index (χ3v) is 5.66. The third-order valence-electron chi connectivity index (χ3n) is 5.66. The predicted molar refractivity (Wildman–Crippen MR) is 110 cm³/mol. The van der Waals surface area contributed by atoms with Gasteiger partial charge in [-0.05, 0) is 36.6 Å². The molecule has 0 radical (unpaired) electrons. The quantitative estimate of drug-likeness (QED) is 0.648. The zero-order valence-corrected chi connectivity index (χ0v) is 17.2. The SMILES string of the molecule is O=C(Nc1cccc(CN2CCOCC2)c1)c1cc2nc(C3CC3)cc(C(F)(F)F)n2n1. The molecule has 0 spiro atoms. The van der Waals surface area contributed by atoms with Crippen molar-refractivity contribution in [2.45, 2.75) is 31.5 Å². The van der Waals surface area contributed by atoms with Crippen LogP contribution in [0.2, 0.25) is 0 Å². The number of alkyl halides is 3. The molecule has 1 saturated heterocycles. The number of benzene rings is 1. The van der Waals surface area contributed by atoms with Crippen LogP contribution in [-0.4, -0.2) is 51.7 Å². The van der Waals surface area contributed by atoms with E-state index in [1.165, 1.54) is 6.07 Å². The van der Waals surface area contributed by atoms with E-state index in [2.05, 4.69) is 20.3 Å². The zero-order valence-electron chi connectivity index (χ0n) is 17.2. The van der Waals surface area contributed by atoms with Crippen molar-refractivity contribution in [3.8, 4) is 0 Å². The molecule has 1 N–H and O–H groups in total. The fourth-order valence-corrected chi connectivity index (χ4v) is 3.86. The van der Waals surface area contributed by atoms with Crippen LogP contribution in [0.3, 0.4) is 0 Å². The highest BCUT2D eigenvalue weighted by Gasteiger charge is 2.37. The molecule has 2 fully saturated rings. The van der Waals surface area contributed by atoms with Gasteiger partial charge in [-0.1, -0.05) is 12.1 Å². The van der Waals surface area contributed by atoms with Crippen molar-refractivity contribution in [2.75, 3.05) is 31.6 Å². The van der Waals surface area contributed by atoms with E-state index in [-0.39, 0.29) is 17.3 Å². The molecule has 5 rings (SSSR count). The maximum absolute atomic E-state index is 13.6. The Morgan fingerprint density at radius 1 is 1.16 bits per heavy atom. The lowest BCUT2D eigenvalue weighted by Crippen LogP contribution is -2.35. The summed E-state index contributed by atoms with van der Waals surface area (Å²) in [5, 5.41) is 6.65. The van der Waals surface area contributed by atoms with Crippen molar-refractivity contribution in [1.29, 1.82) is 0 Å². The van der Waals surface area contributed by atoms with Crippen LogP contribution >= 0.6 is 0 Å². The van der Waals surface area contributed by atoms with Crippen LogP contribution in [0.25, 0.3) is 5.65 Å². The molecule has 1 saturated carbocycles. The number of amides is 1. The largest absolute Gasteiger partial charge is 0.433 e. The van der Waals surface area contributed by atoms with E-state index in [9.17, 15) is 18.0 Å². The number of carbonyl (C=O) groups is 1. The number of halogens is 3. The number of hydrogen-bond donors (Lipinski definition) is 1. The highest BCUT2D eigenvalue weighted by molar-refractivity contribution is 6.03. The Labute approximate surface area is 182 Å². The molecule has 0 atom stereocenters. The Bertz CT molecular complexity index is 1150. The maximum Gasteiger partial charge on any atom is 0.433 e. The molecular formula is C22H22F3N5O2. The number of ether oxygens (including phenoxy) is 1. The van der Waals surface area contributed by atoms with E-state index in [0.717, 1.165) is 44.1 Å². The van der Waals surface area contributed by atoms with Crippen LogP contribution in [0.4, 0.5) is 18.9 Å². The third kappa shape index (κ3) is 4.46. The average Bonchev–Trinajstić information content (AvgIpc) is 3.52. The summed E-state index contributed by atoms with van der Waals surface area (Å²) < 4.78 is 46.8. The minimum Gasteiger partial charge on any atom is -0.379 e. The van der Waals surface area contributed by atoms with Crippen molar-refractivity contribution in [3.63, 3.8) is 0 Å². The first kappa shape index (κ1) is 20.9. The second-order valence-electron chi connectivity index (χ2n) is 8.18. The van der Waals surface area contributed by atoms with Gasteiger partial charge in [-0.25, -0.2) is 9.50 Å². The van der Waals surface area contributed by atoms with Crippen molar-refractivity contribution in [1.82, 2.24) is 19.5 Å². The highest BCUT2D eigenvalue weighted by atomic mass is 19.4. The number of rotatable bonds is 5. The molecule has 168 valence electrons. The summed E-state index contributed by atoms with van der Waals surface area (Å²) >= 11 is 0. The van der Waals surface area contributed by atoms with Gasteiger partial charge in [0.25, 0.3) is 5.91 Å². The second kappa shape index (κ2) is 8.18. The molecule has 2 aliphatic rings. The van der Waals surface area contributed by atoms with Crippen LogP contribution < -0.4 is 5.32 Å². The highest BCUT2D eigenvalue weighted by Crippen LogP contribution is 2.41. The van der Waals surface area contributed by atoms with E-state index in [1.807, 2.05) is 18.2 Å². The number of carbonyl (C=O) groups excluding carboxylic acids is 1. The van der Waals surface area contributed by atoms with Crippen molar-refractivity contribution in [3.05, 3.63) is 59.0 Å². The van der Waals surface area contributed by atoms with E-state index in [4.69, 9.17) is 4.74 Å². The van der Waals surface area contributed by atoms with Gasteiger partial charge in [0.2, 0.25) is 0 Å². The summed E-state index contributed by atoms with van der Waals surface area (Å²) in [5.41, 5.74) is 0.959. The van der Waals surface area contributed by atoms with Gasteiger partial charge in [0.05, 0.1) is 13.2 Å². The first-order valence-electron chi connectivity index (χ1n) is 10.5. The average molecular weight is 445 g/mol. The molecule has 0 unspecified atom stereocenters. The van der Waals surface area contributed by atoms with E-state index in [1.54, 1.807) is 6.07 Å². The maximum atomic E-state index is 13.6. The lowest BCUT2D eigenvalue weighted by atomic mass is 10.1. The monoisotopic (exact) mass is 445 g/mol. The number of fused-ring (bicyclic) bond motifs is 1. The van der Waals surface area contributed by atoms with Gasteiger partial charge in [0.15, 0.2) is 11.3 Å². The van der Waals surface area contributed by atoms with Crippen LogP contribution in [-0.2, 0) is 17.5 Å². The molecule has 1 aromatic carbocycles. The fourth-order valence-electron chi connectivity index (χ4n) is 3.86. The summed E-state index contributed by atoms with van der Waals surface area (Å²) in [7, 11) is 0. The van der Waals surface area contributed by atoms with Crippen LogP contribution in [0, 0.1) is 0 Å². The van der Waals surface area contributed by atoms with E-state index >= 15 is 0 Å². The first-order chi connectivity index (χ1) is 15.4. The van der Waals surface area contributed by atoms with E-state index in [0.29, 0.717) is 29.1 Å². The molecule has 3 aromatic rings. The van der Waals surface area contributed by atoms with Gasteiger partial charge in [-0.15, -0.1) is 0 Å². The summed E-state index contributed by atoms with van der Waals surface area (Å²) in [5.74, 6) is -0.539. The fraction of sp³-hybridized carbons (Fsp3) is 0.409. The minimum atomic E-state index is -4.60. The molecule has 3 heterocycles. The lowest BCUT2D eigenvalue weighted by Gasteiger charge is -2.26. The predicted octanol–water partition coefficient (Wildman–Crippen LogP) is 3.71. The van der Waals surface area contributed by atoms with Crippen LogP contribution in [0.15, 0.2) is 36.4 Å². The Morgan fingerprint density at radius 2 is 1.94 bits per heavy atom. The Balaban J connectivity index is 1.37. The number of aromatic nitrogens is 3. The summed E-state index contributed by atoms with van der Waals surface area (Å²) in [4.78, 5) is 19.3. The number of nitrogens with zero attached hydrogens (tertiary/aromatic N) is 4. The normalized spacial score (nSPS) is 17.6. The second-order valence-corrected chi connectivity index (χ2v) is 8.18. The van der Waals surface area contributed by atoms with Crippen LogP contribution in [0.5, 0.6) is 0 Å². The number of nitrogens with one attached hydrogen (secondary N) is 1. The smallest absolute Gasteiger partial charge is 0.379 e. The summed E-state index contributed by atoms with van der Waals surface area (Å²) in [6, 6.07) is 9.73. The van der Waals surface area contributed by atoms with Gasteiger partial charge < -0.3 is 10.1 Å². The van der Waals surface area contributed by atoms with E-state index < -0.39 is 17.8 Å². The molecule has 2 aromatic heterocycles. The number of hydrogen-bond acceptors (Lipinski definition) is 5. The topological polar surface area (TPSA) is 71.8 Å². The Hall–Kier alpha value is -2.98. The molecule has 1 aliphatic heterocycles. The van der Waals surface area contributed by atoms with Gasteiger partial charge >= 0.3 is 6.18 Å². The van der Waals surface area contributed by atoms with Crippen molar-refractivity contribution >= 4 is 17.2 Å². The molecule has 10 heteroatoms. The molecule has 0 bridgehead atoms. The first-order valence-corrected chi connectivity index (χ1v) is 10.5. The van der Waals surface area contributed by atoms with Gasteiger partial charge in [0.1, 0.15) is 5.69 Å². The minimum absolute atomic E-state index is 0.0212. The number of morpholine rings is 1. The molecule has 1 aliphatic carbocycles. The number of anilines is 1. The van der Waals surface area contributed by atoms with Gasteiger partial charge in [-0.3, -0.25) is 9.69 Å². The van der Waals surface area contributed by atoms with Crippen LogP contribution in [0.1, 0.15) is 46.2 Å².